The lowest BCUT2D eigenvalue weighted by Crippen LogP contribution is -2.23. The van der Waals surface area contributed by atoms with Gasteiger partial charge < -0.3 is 30.2 Å². The van der Waals surface area contributed by atoms with Crippen molar-refractivity contribution in [3.05, 3.63) is 59.9 Å². The first-order valence-electron chi connectivity index (χ1n) is 10.0. The number of hydrogen-bond acceptors (Lipinski definition) is 7. The van der Waals surface area contributed by atoms with E-state index in [0.29, 0.717) is 22.8 Å². The first-order chi connectivity index (χ1) is 16.1. The second-order valence-corrected chi connectivity index (χ2v) is 7.56. The summed E-state index contributed by atoms with van der Waals surface area (Å²) in [6.45, 7) is 0.260. The normalized spacial score (nSPS) is 17.9. The molecule has 34 heavy (non-hydrogen) atoms. The lowest BCUT2D eigenvalue weighted by atomic mass is 10.1. The standard InChI is InChI=1S/C22H18F3N5O4/c23-22(24,25)34-15-4-1-13(2-5-15)29-21(33)12-7-16(17-6-3-14(8-26)28-17)20(27-9-12)30-10-18(31)19(32)11-30/h1-7,9,18-19,28,31-32H,10-11H2,(H,29,33)/t18-,19-/m0/s1. The van der Waals surface area contributed by atoms with Gasteiger partial charge in [0.05, 0.1) is 23.5 Å². The number of anilines is 2. The van der Waals surface area contributed by atoms with Gasteiger partial charge in [0.25, 0.3) is 5.91 Å². The highest BCUT2D eigenvalue weighted by molar-refractivity contribution is 6.05. The molecule has 1 fully saturated rings. The molecule has 2 aromatic heterocycles. The molecule has 3 aromatic rings. The van der Waals surface area contributed by atoms with E-state index in [1.807, 2.05) is 6.07 Å². The Bertz CT molecular complexity index is 1230. The Hall–Kier alpha value is -4.08. The number of β-amino-alcohol motifs (C(OH)–C–C–N with tert-alkyl or cyclic N) is 2. The number of ether oxygens (including phenoxy) is 1. The molecule has 1 saturated heterocycles. The van der Waals surface area contributed by atoms with Gasteiger partial charge in [0.1, 0.15) is 23.3 Å². The summed E-state index contributed by atoms with van der Waals surface area (Å²) in [7, 11) is 0. The number of rotatable bonds is 5. The Kier molecular flexibility index (Phi) is 6.14. The Morgan fingerprint density at radius 2 is 1.85 bits per heavy atom. The molecule has 0 bridgehead atoms. The number of nitriles is 1. The van der Waals surface area contributed by atoms with Gasteiger partial charge in [-0.25, -0.2) is 4.98 Å². The minimum absolute atomic E-state index is 0.130. The number of aromatic amines is 1. The van der Waals surface area contributed by atoms with Crippen LogP contribution in [0, 0.1) is 11.3 Å². The summed E-state index contributed by atoms with van der Waals surface area (Å²) in [6.07, 6.45) is -5.43. The van der Waals surface area contributed by atoms with Crippen molar-refractivity contribution in [3.63, 3.8) is 0 Å². The number of aromatic nitrogens is 2. The van der Waals surface area contributed by atoms with Crippen LogP contribution in [0.25, 0.3) is 11.3 Å². The number of amides is 1. The van der Waals surface area contributed by atoms with Gasteiger partial charge in [-0.05, 0) is 42.5 Å². The summed E-state index contributed by atoms with van der Waals surface area (Å²) in [4.78, 5) is 21.7. The first kappa shape index (κ1) is 23.1. The number of carbonyl (C=O) groups excluding carboxylic acids is 1. The fraction of sp³-hybridized carbons (Fsp3) is 0.227. The van der Waals surface area contributed by atoms with Crippen molar-refractivity contribution >= 4 is 17.4 Å². The molecular formula is C22H18F3N5O4. The zero-order valence-electron chi connectivity index (χ0n) is 17.4. The lowest BCUT2D eigenvalue weighted by molar-refractivity contribution is -0.274. The number of aliphatic hydroxyl groups is 2. The van der Waals surface area contributed by atoms with E-state index >= 15 is 0 Å². The predicted octanol–water partition coefficient (Wildman–Crippen LogP) is 2.64. The van der Waals surface area contributed by atoms with Crippen LogP contribution in [-0.2, 0) is 0 Å². The monoisotopic (exact) mass is 473 g/mol. The Balaban J connectivity index is 1.60. The van der Waals surface area contributed by atoms with Gasteiger partial charge in [0.2, 0.25) is 0 Å². The summed E-state index contributed by atoms with van der Waals surface area (Å²) in [5.74, 6) is -0.598. The molecule has 12 heteroatoms. The number of alkyl halides is 3. The third-order valence-corrected chi connectivity index (χ3v) is 5.13. The summed E-state index contributed by atoms with van der Waals surface area (Å²) in [5, 5.41) is 31.5. The van der Waals surface area contributed by atoms with Gasteiger partial charge in [-0.1, -0.05) is 0 Å². The molecule has 0 radical (unpaired) electrons. The molecule has 0 aliphatic carbocycles. The van der Waals surface area contributed by atoms with E-state index in [0.717, 1.165) is 12.1 Å². The minimum Gasteiger partial charge on any atom is -0.406 e. The number of hydrogen-bond donors (Lipinski definition) is 4. The van der Waals surface area contributed by atoms with Crippen LogP contribution in [0.4, 0.5) is 24.7 Å². The first-order valence-corrected chi connectivity index (χ1v) is 10.0. The van der Waals surface area contributed by atoms with E-state index in [9.17, 15) is 28.2 Å². The predicted molar refractivity (Wildman–Crippen MR) is 114 cm³/mol. The largest absolute Gasteiger partial charge is 0.573 e. The van der Waals surface area contributed by atoms with E-state index in [1.165, 1.54) is 24.4 Å². The minimum atomic E-state index is -4.82. The second-order valence-electron chi connectivity index (χ2n) is 7.56. The molecule has 0 unspecified atom stereocenters. The zero-order chi connectivity index (χ0) is 24.5. The highest BCUT2D eigenvalue weighted by Crippen LogP contribution is 2.32. The average molecular weight is 473 g/mol. The van der Waals surface area contributed by atoms with E-state index in [1.54, 1.807) is 17.0 Å². The number of halogens is 3. The van der Waals surface area contributed by atoms with Crippen molar-refractivity contribution in [1.29, 1.82) is 5.26 Å². The number of aliphatic hydroxyl groups excluding tert-OH is 2. The number of carbonyl (C=O) groups is 1. The second kappa shape index (κ2) is 9.05. The molecule has 0 spiro atoms. The molecule has 9 nitrogen and oxygen atoms in total. The van der Waals surface area contributed by atoms with Crippen LogP contribution >= 0.6 is 0 Å². The van der Waals surface area contributed by atoms with Crippen LogP contribution in [0.5, 0.6) is 5.75 Å². The fourth-order valence-corrected chi connectivity index (χ4v) is 3.53. The topological polar surface area (TPSA) is 134 Å². The van der Waals surface area contributed by atoms with Crippen molar-refractivity contribution in [2.75, 3.05) is 23.3 Å². The van der Waals surface area contributed by atoms with Gasteiger partial charge in [-0.2, -0.15) is 5.26 Å². The zero-order valence-corrected chi connectivity index (χ0v) is 17.4. The van der Waals surface area contributed by atoms with Crippen LogP contribution in [0.15, 0.2) is 48.7 Å². The van der Waals surface area contributed by atoms with Gasteiger partial charge in [0.15, 0.2) is 0 Å². The van der Waals surface area contributed by atoms with Crippen LogP contribution in [0.3, 0.4) is 0 Å². The molecule has 0 saturated carbocycles. The summed E-state index contributed by atoms with van der Waals surface area (Å²) in [5.41, 5.74) is 1.63. The van der Waals surface area contributed by atoms with Crippen LogP contribution in [-0.4, -0.2) is 57.7 Å². The molecule has 4 N–H and O–H groups in total. The van der Waals surface area contributed by atoms with Crippen molar-refractivity contribution < 1.29 is 32.9 Å². The van der Waals surface area contributed by atoms with Gasteiger partial charge >= 0.3 is 6.36 Å². The molecule has 4 rings (SSSR count). The van der Waals surface area contributed by atoms with Crippen molar-refractivity contribution in [1.82, 2.24) is 9.97 Å². The number of benzene rings is 1. The molecule has 176 valence electrons. The van der Waals surface area contributed by atoms with Gasteiger partial charge in [0, 0.05) is 30.5 Å². The maximum absolute atomic E-state index is 12.8. The highest BCUT2D eigenvalue weighted by atomic mass is 19.4. The molecule has 1 amide bonds. The molecular weight excluding hydrogens is 455 g/mol. The van der Waals surface area contributed by atoms with E-state index in [4.69, 9.17) is 5.26 Å². The number of H-pyrrole nitrogens is 1. The molecule has 1 aliphatic rings. The number of nitrogens with zero attached hydrogens (tertiary/aromatic N) is 3. The fourth-order valence-electron chi connectivity index (χ4n) is 3.53. The van der Waals surface area contributed by atoms with Crippen LogP contribution < -0.4 is 15.0 Å². The summed E-state index contributed by atoms with van der Waals surface area (Å²) < 4.78 is 40.7. The van der Waals surface area contributed by atoms with E-state index in [-0.39, 0.29) is 24.3 Å². The van der Waals surface area contributed by atoms with Crippen LogP contribution in [0.2, 0.25) is 0 Å². The molecule has 1 aliphatic heterocycles. The van der Waals surface area contributed by atoms with E-state index < -0.39 is 30.2 Å². The van der Waals surface area contributed by atoms with Gasteiger partial charge in [-0.15, -0.1) is 13.2 Å². The maximum Gasteiger partial charge on any atom is 0.573 e. The smallest absolute Gasteiger partial charge is 0.406 e. The maximum atomic E-state index is 12.8. The quantitative estimate of drug-likeness (QED) is 0.448. The Morgan fingerprint density at radius 1 is 1.18 bits per heavy atom. The molecule has 1 aromatic carbocycles. The number of nitrogens with one attached hydrogen (secondary N) is 2. The van der Waals surface area contributed by atoms with Crippen molar-refractivity contribution in [2.45, 2.75) is 18.6 Å². The average Bonchev–Trinajstić information content (AvgIpc) is 3.40. The third kappa shape index (κ3) is 5.11. The molecule has 2 atom stereocenters. The summed E-state index contributed by atoms with van der Waals surface area (Å²) >= 11 is 0. The lowest BCUT2D eigenvalue weighted by Gasteiger charge is -2.20. The SMILES string of the molecule is N#Cc1ccc(-c2cc(C(=O)Nc3ccc(OC(F)(F)F)cc3)cnc2N2C[C@H](O)[C@@H](O)C2)[nH]1. The van der Waals surface area contributed by atoms with Gasteiger partial charge in [-0.3, -0.25) is 4.79 Å². The van der Waals surface area contributed by atoms with E-state index in [2.05, 4.69) is 20.0 Å². The number of pyridine rings is 1. The van der Waals surface area contributed by atoms with Crippen molar-refractivity contribution in [2.24, 2.45) is 0 Å². The Labute approximate surface area is 191 Å². The molecule has 3 heterocycles. The van der Waals surface area contributed by atoms with Crippen molar-refractivity contribution in [3.8, 4) is 23.1 Å². The summed E-state index contributed by atoms with van der Waals surface area (Å²) in [6, 6.07) is 11.4. The van der Waals surface area contributed by atoms with Crippen LogP contribution in [0.1, 0.15) is 16.1 Å². The Morgan fingerprint density at radius 3 is 2.44 bits per heavy atom. The highest BCUT2D eigenvalue weighted by Gasteiger charge is 2.32. The third-order valence-electron chi connectivity index (χ3n) is 5.13.